The lowest BCUT2D eigenvalue weighted by Gasteiger charge is -2.42. The van der Waals surface area contributed by atoms with E-state index in [2.05, 4.69) is 46.8 Å². The molecule has 3 unspecified atom stereocenters. The largest absolute Gasteiger partial charge is 0.454 e. The van der Waals surface area contributed by atoms with E-state index in [1.54, 1.807) is 0 Å². The molecule has 0 amide bonds. The van der Waals surface area contributed by atoms with Gasteiger partial charge in [-0.1, -0.05) is 6.92 Å². The molecule has 0 saturated carbocycles. The minimum Gasteiger partial charge on any atom is -0.454 e. The number of rotatable bonds is 3. The molecule has 0 aliphatic carbocycles. The quantitative estimate of drug-likeness (QED) is 0.904. The normalized spacial score (nSPS) is 26.9. The highest BCUT2D eigenvalue weighted by Gasteiger charge is 2.30. The summed E-state index contributed by atoms with van der Waals surface area (Å²) in [6.45, 7) is 6.64. The SMILES string of the molecule is CC1CCC(C)N(C(CN)c2cc(Br)c3c(c2)OCO3)C1. The molecule has 0 bridgehead atoms. The maximum absolute atomic E-state index is 6.11. The van der Waals surface area contributed by atoms with Crippen molar-refractivity contribution in [2.24, 2.45) is 11.7 Å². The number of nitrogens with zero attached hydrogens (tertiary/aromatic N) is 1. The molecule has 2 N–H and O–H groups in total. The highest BCUT2D eigenvalue weighted by atomic mass is 79.9. The zero-order valence-corrected chi connectivity index (χ0v) is 14.2. The lowest BCUT2D eigenvalue weighted by Crippen LogP contribution is -2.45. The van der Waals surface area contributed by atoms with Crippen molar-refractivity contribution >= 4 is 15.9 Å². The van der Waals surface area contributed by atoms with Gasteiger partial charge in [0.05, 0.1) is 4.47 Å². The van der Waals surface area contributed by atoms with Gasteiger partial charge in [0.2, 0.25) is 6.79 Å². The maximum atomic E-state index is 6.11. The number of ether oxygens (including phenoxy) is 2. The standard InChI is InChI=1S/C16H23BrN2O2/c1-10-3-4-11(2)19(8-10)14(7-18)12-5-13(17)16-15(6-12)20-9-21-16/h5-6,10-11,14H,3-4,7-9,18H2,1-2H3. The summed E-state index contributed by atoms with van der Waals surface area (Å²) in [4.78, 5) is 2.54. The van der Waals surface area contributed by atoms with Crippen LogP contribution in [0.4, 0.5) is 0 Å². The number of nitrogens with two attached hydrogens (primary N) is 1. The van der Waals surface area contributed by atoms with E-state index in [1.807, 2.05) is 0 Å². The van der Waals surface area contributed by atoms with Crippen LogP contribution in [0, 0.1) is 5.92 Å². The average molecular weight is 355 g/mol. The monoisotopic (exact) mass is 354 g/mol. The summed E-state index contributed by atoms with van der Waals surface area (Å²) in [7, 11) is 0. The fourth-order valence-corrected chi connectivity index (χ4v) is 3.97. The third-order valence-corrected chi connectivity index (χ3v) is 5.21. The first-order chi connectivity index (χ1) is 10.1. The Balaban J connectivity index is 1.91. The van der Waals surface area contributed by atoms with Crippen LogP contribution in [0.1, 0.15) is 38.3 Å². The Morgan fingerprint density at radius 3 is 2.90 bits per heavy atom. The molecule has 3 atom stereocenters. The molecule has 0 radical (unpaired) electrons. The van der Waals surface area contributed by atoms with E-state index in [9.17, 15) is 0 Å². The van der Waals surface area contributed by atoms with Crippen LogP contribution in [-0.2, 0) is 0 Å². The van der Waals surface area contributed by atoms with Crippen molar-refractivity contribution in [2.45, 2.75) is 38.8 Å². The first-order valence-corrected chi connectivity index (χ1v) is 8.44. The average Bonchev–Trinajstić information content (AvgIpc) is 2.92. The second-order valence-electron chi connectivity index (χ2n) is 6.22. The second-order valence-corrected chi connectivity index (χ2v) is 7.07. The van der Waals surface area contributed by atoms with Gasteiger partial charge in [0.15, 0.2) is 11.5 Å². The molecule has 3 rings (SSSR count). The molecular weight excluding hydrogens is 332 g/mol. The molecule has 5 heteroatoms. The molecule has 116 valence electrons. The fraction of sp³-hybridized carbons (Fsp3) is 0.625. The molecule has 2 aliphatic rings. The van der Waals surface area contributed by atoms with Gasteiger partial charge in [-0.05, 0) is 59.3 Å². The van der Waals surface area contributed by atoms with Crippen LogP contribution in [-0.4, -0.2) is 30.8 Å². The summed E-state index contributed by atoms with van der Waals surface area (Å²) in [5.74, 6) is 2.35. The van der Waals surface area contributed by atoms with E-state index in [0.29, 0.717) is 19.4 Å². The number of halogens is 1. The molecule has 1 saturated heterocycles. The molecular formula is C16H23BrN2O2. The predicted molar refractivity (Wildman–Crippen MR) is 86.6 cm³/mol. The van der Waals surface area contributed by atoms with Crippen molar-refractivity contribution in [1.29, 1.82) is 0 Å². The molecule has 2 heterocycles. The van der Waals surface area contributed by atoms with Crippen molar-refractivity contribution in [1.82, 2.24) is 4.90 Å². The Hall–Kier alpha value is -0.780. The highest BCUT2D eigenvalue weighted by Crippen LogP contribution is 2.42. The molecule has 0 spiro atoms. The number of hydrogen-bond acceptors (Lipinski definition) is 4. The van der Waals surface area contributed by atoms with Gasteiger partial charge in [0.1, 0.15) is 0 Å². The number of likely N-dealkylation sites (tertiary alicyclic amines) is 1. The number of fused-ring (bicyclic) bond motifs is 1. The minimum atomic E-state index is 0.230. The second kappa shape index (κ2) is 6.15. The molecule has 21 heavy (non-hydrogen) atoms. The smallest absolute Gasteiger partial charge is 0.231 e. The third-order valence-electron chi connectivity index (χ3n) is 4.62. The van der Waals surface area contributed by atoms with Crippen LogP contribution in [0.15, 0.2) is 16.6 Å². The van der Waals surface area contributed by atoms with Crippen molar-refractivity contribution in [3.05, 3.63) is 22.2 Å². The van der Waals surface area contributed by atoms with E-state index < -0.39 is 0 Å². The van der Waals surface area contributed by atoms with Gasteiger partial charge in [-0.3, -0.25) is 4.90 Å². The van der Waals surface area contributed by atoms with Gasteiger partial charge < -0.3 is 15.2 Å². The summed E-state index contributed by atoms with van der Waals surface area (Å²) in [5, 5.41) is 0. The molecule has 1 aromatic rings. The molecule has 4 nitrogen and oxygen atoms in total. The maximum Gasteiger partial charge on any atom is 0.231 e. The van der Waals surface area contributed by atoms with Crippen molar-refractivity contribution < 1.29 is 9.47 Å². The van der Waals surface area contributed by atoms with Crippen LogP contribution in [0.5, 0.6) is 11.5 Å². The van der Waals surface area contributed by atoms with Gasteiger partial charge in [0, 0.05) is 25.2 Å². The summed E-state index contributed by atoms with van der Waals surface area (Å²) >= 11 is 3.58. The Bertz CT molecular complexity index is 523. The van der Waals surface area contributed by atoms with Gasteiger partial charge in [0.25, 0.3) is 0 Å². The summed E-state index contributed by atoms with van der Waals surface area (Å²) in [5.41, 5.74) is 7.31. The Labute approximate surface area is 134 Å². The van der Waals surface area contributed by atoms with E-state index in [-0.39, 0.29) is 6.04 Å². The van der Waals surface area contributed by atoms with E-state index in [1.165, 1.54) is 18.4 Å². The lowest BCUT2D eigenvalue weighted by atomic mass is 9.91. The van der Waals surface area contributed by atoms with Crippen LogP contribution in [0.2, 0.25) is 0 Å². The van der Waals surface area contributed by atoms with Crippen LogP contribution in [0.25, 0.3) is 0 Å². The first kappa shape index (κ1) is 15.1. The van der Waals surface area contributed by atoms with Gasteiger partial charge in [-0.2, -0.15) is 0 Å². The van der Waals surface area contributed by atoms with Crippen molar-refractivity contribution in [3.63, 3.8) is 0 Å². The van der Waals surface area contributed by atoms with Gasteiger partial charge in [-0.15, -0.1) is 0 Å². The van der Waals surface area contributed by atoms with Gasteiger partial charge in [-0.25, -0.2) is 0 Å². The Morgan fingerprint density at radius 1 is 1.33 bits per heavy atom. The summed E-state index contributed by atoms with van der Waals surface area (Å²) < 4.78 is 12.0. The van der Waals surface area contributed by atoms with Crippen LogP contribution >= 0.6 is 15.9 Å². The molecule has 2 aliphatic heterocycles. The van der Waals surface area contributed by atoms with E-state index in [4.69, 9.17) is 15.2 Å². The fourth-order valence-electron chi connectivity index (χ4n) is 3.40. The zero-order chi connectivity index (χ0) is 15.0. The number of hydrogen-bond donors (Lipinski definition) is 1. The topological polar surface area (TPSA) is 47.7 Å². The Morgan fingerprint density at radius 2 is 2.14 bits per heavy atom. The zero-order valence-electron chi connectivity index (χ0n) is 12.6. The minimum absolute atomic E-state index is 0.230. The summed E-state index contributed by atoms with van der Waals surface area (Å²) in [6.07, 6.45) is 2.54. The third kappa shape index (κ3) is 2.91. The first-order valence-electron chi connectivity index (χ1n) is 7.65. The molecule has 1 fully saturated rings. The van der Waals surface area contributed by atoms with Crippen molar-refractivity contribution in [3.8, 4) is 11.5 Å². The van der Waals surface area contributed by atoms with Crippen LogP contribution < -0.4 is 15.2 Å². The van der Waals surface area contributed by atoms with Crippen LogP contribution in [0.3, 0.4) is 0 Å². The predicted octanol–water partition coefficient (Wildman–Crippen LogP) is 3.30. The molecule has 0 aromatic heterocycles. The van der Waals surface area contributed by atoms with Gasteiger partial charge >= 0.3 is 0 Å². The Kier molecular flexibility index (Phi) is 4.43. The number of piperidine rings is 1. The highest BCUT2D eigenvalue weighted by molar-refractivity contribution is 9.10. The lowest BCUT2D eigenvalue weighted by molar-refractivity contribution is 0.0797. The van der Waals surface area contributed by atoms with E-state index >= 15 is 0 Å². The van der Waals surface area contributed by atoms with E-state index in [0.717, 1.165) is 28.4 Å². The summed E-state index contributed by atoms with van der Waals surface area (Å²) in [6, 6.07) is 5.00. The molecule has 1 aromatic carbocycles. The van der Waals surface area contributed by atoms with Crippen molar-refractivity contribution in [2.75, 3.05) is 19.9 Å². The number of benzene rings is 1.